The number of hydrogen-bond acceptors (Lipinski definition) is 4. The molecule has 0 bridgehead atoms. The topological polar surface area (TPSA) is 55.8 Å². The van der Waals surface area contributed by atoms with Gasteiger partial charge in [0, 0.05) is 6.42 Å². The van der Waals surface area contributed by atoms with Gasteiger partial charge in [-0.05, 0) is 5.56 Å². The quantitative estimate of drug-likeness (QED) is 0.794. The number of methoxy groups -OCH3 is 1. The summed E-state index contributed by atoms with van der Waals surface area (Å²) in [7, 11) is 1.19. The number of nitrogens with zero attached hydrogens (tertiary/aromatic N) is 1. The maximum absolute atomic E-state index is 13.4. The summed E-state index contributed by atoms with van der Waals surface area (Å²) in [4.78, 5) is 24.5. The molecular weight excluding hydrogens is 265 g/mol. The largest absolute Gasteiger partial charge is 0.459 e. The van der Waals surface area contributed by atoms with Gasteiger partial charge in [-0.25, -0.2) is 14.0 Å². The molecule has 6 heteroatoms. The Morgan fingerprint density at radius 1 is 1.35 bits per heavy atom. The van der Waals surface area contributed by atoms with Gasteiger partial charge in [0.2, 0.25) is 0 Å². The summed E-state index contributed by atoms with van der Waals surface area (Å²) < 4.78 is 23.1. The summed E-state index contributed by atoms with van der Waals surface area (Å²) in [6, 6.07) is 8.24. The smallest absolute Gasteiger partial charge is 0.410 e. The van der Waals surface area contributed by atoms with Gasteiger partial charge in [0.05, 0.1) is 13.7 Å². The Morgan fingerprint density at radius 3 is 2.70 bits per heavy atom. The molecule has 1 saturated heterocycles. The zero-order valence-electron chi connectivity index (χ0n) is 11.1. The van der Waals surface area contributed by atoms with Crippen LogP contribution >= 0.6 is 0 Å². The van der Waals surface area contributed by atoms with E-state index < -0.39 is 24.3 Å². The van der Waals surface area contributed by atoms with Gasteiger partial charge < -0.3 is 9.47 Å². The minimum Gasteiger partial charge on any atom is -0.459 e. The number of likely N-dealkylation sites (tertiary alicyclic amines) is 1. The molecule has 0 saturated carbocycles. The normalized spacial score (nSPS) is 21.6. The SMILES string of the molecule is COC(=O)N1C[C@H](F)C[C@H]1C(=O)OCc1ccccc1. The molecule has 1 heterocycles. The molecule has 1 aromatic carbocycles. The van der Waals surface area contributed by atoms with Gasteiger partial charge in [-0.1, -0.05) is 30.3 Å². The molecule has 5 nitrogen and oxygen atoms in total. The number of halogens is 1. The third-order valence-electron chi connectivity index (χ3n) is 3.16. The average Bonchev–Trinajstić information content (AvgIpc) is 2.87. The lowest BCUT2D eigenvalue weighted by molar-refractivity contribution is -0.149. The molecule has 108 valence electrons. The van der Waals surface area contributed by atoms with Crippen molar-refractivity contribution in [1.82, 2.24) is 4.90 Å². The van der Waals surface area contributed by atoms with Gasteiger partial charge in [-0.2, -0.15) is 0 Å². The first-order chi connectivity index (χ1) is 9.61. The average molecular weight is 281 g/mol. The Morgan fingerprint density at radius 2 is 2.05 bits per heavy atom. The van der Waals surface area contributed by atoms with Gasteiger partial charge in [0.25, 0.3) is 0 Å². The molecule has 2 rings (SSSR count). The third-order valence-corrected chi connectivity index (χ3v) is 3.16. The highest BCUT2D eigenvalue weighted by Gasteiger charge is 2.41. The van der Waals surface area contributed by atoms with Crippen LogP contribution in [0.1, 0.15) is 12.0 Å². The first kappa shape index (κ1) is 14.3. The van der Waals surface area contributed by atoms with Crippen molar-refractivity contribution in [1.29, 1.82) is 0 Å². The number of hydrogen-bond donors (Lipinski definition) is 0. The van der Waals surface area contributed by atoms with Gasteiger partial charge in [0.15, 0.2) is 0 Å². The minimum atomic E-state index is -1.23. The van der Waals surface area contributed by atoms with Crippen LogP contribution in [0.4, 0.5) is 9.18 Å². The number of amides is 1. The van der Waals surface area contributed by atoms with Gasteiger partial charge in [-0.15, -0.1) is 0 Å². The maximum atomic E-state index is 13.4. The second kappa shape index (κ2) is 6.36. The lowest BCUT2D eigenvalue weighted by Crippen LogP contribution is -2.41. The number of carbonyl (C=O) groups is 2. The van der Waals surface area contributed by atoms with Crippen LogP contribution in [-0.2, 0) is 20.9 Å². The van der Waals surface area contributed by atoms with Crippen LogP contribution in [0.15, 0.2) is 30.3 Å². The van der Waals surface area contributed by atoms with E-state index in [0.29, 0.717) is 0 Å². The predicted molar refractivity (Wildman–Crippen MR) is 68.7 cm³/mol. The molecule has 1 aliphatic heterocycles. The Balaban J connectivity index is 1.95. The van der Waals surface area contributed by atoms with Gasteiger partial charge in [-0.3, -0.25) is 4.90 Å². The van der Waals surface area contributed by atoms with Crippen molar-refractivity contribution in [3.8, 4) is 0 Å². The lowest BCUT2D eigenvalue weighted by Gasteiger charge is -2.21. The molecule has 0 unspecified atom stereocenters. The highest BCUT2D eigenvalue weighted by atomic mass is 19.1. The van der Waals surface area contributed by atoms with E-state index in [1.54, 1.807) is 0 Å². The molecule has 0 aliphatic carbocycles. The summed E-state index contributed by atoms with van der Waals surface area (Å²) in [5.41, 5.74) is 0.834. The summed E-state index contributed by atoms with van der Waals surface area (Å²) in [6.45, 7) is -0.0418. The fraction of sp³-hybridized carbons (Fsp3) is 0.429. The summed E-state index contributed by atoms with van der Waals surface area (Å²) >= 11 is 0. The molecule has 0 aromatic heterocycles. The molecule has 0 radical (unpaired) electrons. The fourth-order valence-corrected chi connectivity index (χ4v) is 2.15. The van der Waals surface area contributed by atoms with Crippen molar-refractivity contribution in [3.05, 3.63) is 35.9 Å². The third kappa shape index (κ3) is 3.26. The Hall–Kier alpha value is -2.11. The molecule has 0 spiro atoms. The van der Waals surface area contributed by atoms with E-state index in [0.717, 1.165) is 10.5 Å². The molecule has 1 fully saturated rings. The van der Waals surface area contributed by atoms with Crippen molar-refractivity contribution in [3.63, 3.8) is 0 Å². The monoisotopic (exact) mass is 281 g/mol. The molecule has 2 atom stereocenters. The number of alkyl halides is 1. The number of ether oxygens (including phenoxy) is 2. The molecule has 1 aromatic rings. The van der Waals surface area contributed by atoms with E-state index in [4.69, 9.17) is 4.74 Å². The van der Waals surface area contributed by atoms with Crippen LogP contribution < -0.4 is 0 Å². The van der Waals surface area contributed by atoms with Crippen LogP contribution in [0.3, 0.4) is 0 Å². The first-order valence-corrected chi connectivity index (χ1v) is 6.31. The predicted octanol–water partition coefficient (Wildman–Crippen LogP) is 1.91. The fourth-order valence-electron chi connectivity index (χ4n) is 2.15. The lowest BCUT2D eigenvalue weighted by atomic mass is 10.2. The van der Waals surface area contributed by atoms with E-state index in [1.807, 2.05) is 30.3 Å². The van der Waals surface area contributed by atoms with Gasteiger partial charge in [0.1, 0.15) is 18.8 Å². The standard InChI is InChI=1S/C14H16FNO4/c1-19-14(18)16-8-11(15)7-12(16)13(17)20-9-10-5-3-2-4-6-10/h2-6,11-12H,7-9H2,1H3/t11-,12+/m1/s1. The number of esters is 1. The van der Waals surface area contributed by atoms with Crippen LogP contribution in [0.2, 0.25) is 0 Å². The highest BCUT2D eigenvalue weighted by Crippen LogP contribution is 2.22. The molecule has 20 heavy (non-hydrogen) atoms. The summed E-state index contributed by atoms with van der Waals surface area (Å²) in [6.07, 6.45) is -2.00. The maximum Gasteiger partial charge on any atom is 0.410 e. The number of carbonyl (C=O) groups excluding carboxylic acids is 2. The van der Waals surface area contributed by atoms with Crippen molar-refractivity contribution >= 4 is 12.1 Å². The zero-order chi connectivity index (χ0) is 14.5. The molecular formula is C14H16FNO4. The van der Waals surface area contributed by atoms with Crippen molar-refractivity contribution < 1.29 is 23.5 Å². The zero-order valence-corrected chi connectivity index (χ0v) is 11.1. The van der Waals surface area contributed by atoms with Crippen LogP contribution in [0.25, 0.3) is 0 Å². The molecule has 1 aliphatic rings. The second-order valence-electron chi connectivity index (χ2n) is 4.56. The molecule has 1 amide bonds. The van der Waals surface area contributed by atoms with Gasteiger partial charge >= 0.3 is 12.1 Å². The van der Waals surface area contributed by atoms with E-state index in [2.05, 4.69) is 4.74 Å². The van der Waals surface area contributed by atoms with E-state index in [1.165, 1.54) is 7.11 Å². The number of benzene rings is 1. The summed E-state index contributed by atoms with van der Waals surface area (Å²) in [5, 5.41) is 0. The Kier molecular flexibility index (Phi) is 4.55. The van der Waals surface area contributed by atoms with Crippen LogP contribution in [-0.4, -0.2) is 42.8 Å². The highest BCUT2D eigenvalue weighted by molar-refractivity contribution is 5.82. The first-order valence-electron chi connectivity index (χ1n) is 6.31. The molecule has 0 N–H and O–H groups in total. The Labute approximate surface area is 116 Å². The van der Waals surface area contributed by atoms with E-state index in [9.17, 15) is 14.0 Å². The van der Waals surface area contributed by atoms with Crippen LogP contribution in [0.5, 0.6) is 0 Å². The Bertz CT molecular complexity index is 479. The van der Waals surface area contributed by atoms with Crippen LogP contribution in [0, 0.1) is 0 Å². The second-order valence-corrected chi connectivity index (χ2v) is 4.56. The van der Waals surface area contributed by atoms with Crippen molar-refractivity contribution in [2.75, 3.05) is 13.7 Å². The minimum absolute atomic E-state index is 0.0529. The summed E-state index contributed by atoms with van der Waals surface area (Å²) in [5.74, 6) is -0.612. The van der Waals surface area contributed by atoms with E-state index >= 15 is 0 Å². The van der Waals surface area contributed by atoms with E-state index in [-0.39, 0.29) is 19.6 Å². The van der Waals surface area contributed by atoms with Crippen molar-refractivity contribution in [2.45, 2.75) is 25.2 Å². The number of rotatable bonds is 3. The van der Waals surface area contributed by atoms with Crippen molar-refractivity contribution in [2.24, 2.45) is 0 Å².